The lowest BCUT2D eigenvalue weighted by Crippen LogP contribution is -2.46. The molecule has 0 aromatic carbocycles. The molecular weight excluding hydrogens is 1220 g/mol. The molecule has 0 saturated heterocycles. The maximum absolute atomic E-state index is 13.4. The van der Waals surface area contributed by atoms with Gasteiger partial charge in [-0.15, -0.1) is 0 Å². The zero-order valence-electron chi connectivity index (χ0n) is 58.2. The average molecular weight is 1330 g/mol. The van der Waals surface area contributed by atoms with Crippen molar-refractivity contribution >= 4 is 115 Å². The molecule has 8 heterocycles. The van der Waals surface area contributed by atoms with E-state index in [2.05, 4.69) is 151 Å². The molecule has 0 saturated carbocycles. The lowest BCUT2D eigenvalue weighted by atomic mass is 9.94. The van der Waals surface area contributed by atoms with Gasteiger partial charge in [0.2, 0.25) is 47.4 Å². The Balaban J connectivity index is 0.000000232. The Labute approximate surface area is 562 Å². The first-order valence-electron chi connectivity index (χ1n) is 32.9. The van der Waals surface area contributed by atoms with Gasteiger partial charge in [0.25, 0.3) is 0 Å². The molecule has 0 bridgehead atoms. The molecule has 16 N–H and O–H groups in total. The molecule has 8 aromatic rings. The monoisotopic (exact) mass is 1320 g/mol. The van der Waals surface area contributed by atoms with Gasteiger partial charge in [0.1, 0.15) is 27.9 Å². The molecule has 4 amide bonds. The van der Waals surface area contributed by atoms with Gasteiger partial charge in [-0.05, 0) is 96.2 Å². The molecule has 8 aromatic heterocycles. The van der Waals surface area contributed by atoms with Crippen molar-refractivity contribution in [1.82, 2.24) is 81.1 Å². The molecule has 96 heavy (non-hydrogen) atoms. The van der Waals surface area contributed by atoms with E-state index in [0.717, 1.165) is 102 Å². The van der Waals surface area contributed by atoms with Crippen LogP contribution in [0.15, 0.2) is 61.2 Å². The van der Waals surface area contributed by atoms with Crippen molar-refractivity contribution in [3.8, 4) is 0 Å². The van der Waals surface area contributed by atoms with Crippen LogP contribution in [-0.2, 0) is 19.2 Å². The topological polar surface area (TPSA) is 423 Å². The highest BCUT2D eigenvalue weighted by Gasteiger charge is 2.30. The Morgan fingerprint density at radius 2 is 0.698 bits per heavy atom. The Bertz CT molecular complexity index is 3860. The third kappa shape index (κ3) is 25.1. The molecule has 8 rings (SSSR count). The predicted molar refractivity (Wildman–Crippen MR) is 382 cm³/mol. The van der Waals surface area contributed by atoms with Crippen LogP contribution in [0.1, 0.15) is 179 Å². The van der Waals surface area contributed by atoms with Crippen LogP contribution >= 0.6 is 0 Å². The number of halogens is 1. The molecule has 0 aliphatic rings. The van der Waals surface area contributed by atoms with E-state index in [-0.39, 0.29) is 64.0 Å². The Hall–Kier alpha value is -9.83. The van der Waals surface area contributed by atoms with Crippen molar-refractivity contribution in [2.45, 2.75) is 202 Å². The second-order valence-corrected chi connectivity index (χ2v) is 25.4. The number of rotatable bonds is 30. The van der Waals surface area contributed by atoms with Gasteiger partial charge in [-0.25, -0.2) is 29.3 Å². The highest BCUT2D eigenvalue weighted by molar-refractivity contribution is 5.89. The van der Waals surface area contributed by atoms with E-state index < -0.39 is 11.4 Å². The summed E-state index contributed by atoms with van der Waals surface area (Å²) in [6.45, 7) is 26.7. The number of fused-ring (bicyclic) bond motifs is 4. The number of hydrogen-bond acceptors (Lipinski definition) is 24. The molecule has 0 aliphatic carbocycles. The van der Waals surface area contributed by atoms with E-state index in [1.54, 1.807) is 18.6 Å². The molecule has 0 aliphatic heterocycles. The fourth-order valence-electron chi connectivity index (χ4n) is 10.3. The number of nitrogens with two attached hydrogens (primary N) is 4. The SMILES string of the molecule is CCCCC[C@@](C)(CNC(C)=O)Nc1nc(N)nc2cc(F)cnc12.CCCCC[C@@](C)(CNC(C)=O)Nc1nc(N)nc2cccnc12.CCCC[C@@](C)(CNC(C)=O)Nc1nc(N)nc2cc(C)cnc12.CCCC[C@@](C)(CNC(C)=O)Nc1nc(N)nc2cccnc12. The number of unbranched alkanes of at least 4 members (excludes halogenated alkanes) is 6. The van der Waals surface area contributed by atoms with Crippen LogP contribution in [-0.4, -0.2) is 132 Å². The normalized spacial score (nSPS) is 13.5. The van der Waals surface area contributed by atoms with Crippen molar-refractivity contribution in [3.63, 3.8) is 0 Å². The second kappa shape index (κ2) is 36.7. The minimum absolute atomic E-state index is 0.0397. The number of carbonyl (C=O) groups is 4. The summed E-state index contributed by atoms with van der Waals surface area (Å²) in [5.74, 6) is 2.12. The summed E-state index contributed by atoms with van der Waals surface area (Å²) in [7, 11) is 0. The first-order valence-corrected chi connectivity index (χ1v) is 32.9. The van der Waals surface area contributed by atoms with Crippen LogP contribution in [0.5, 0.6) is 0 Å². The van der Waals surface area contributed by atoms with Crippen molar-refractivity contribution in [3.05, 3.63) is 72.6 Å². The van der Waals surface area contributed by atoms with E-state index in [1.807, 2.05) is 44.2 Å². The number of hydrogen-bond donors (Lipinski definition) is 12. The maximum Gasteiger partial charge on any atom is 0.222 e. The van der Waals surface area contributed by atoms with Gasteiger partial charge < -0.3 is 65.5 Å². The number of carbonyl (C=O) groups excluding carboxylic acids is 4. The standard InChI is InChI=1S/C17H25FN6O.2C17H26N6O.C16H24N6O/c1-4-5-6-7-17(3,10-21-11(2)25)24-15-14-13(22-16(19)23-15)8-12(18)9-20-14;1-5-6-7-17(4,10-20-12(3)24)23-15-14-13(21-16(18)22-15)8-11(2)9-19-14;1-4-5-6-9-17(3,11-20-12(2)24)23-15-14-13(8-7-10-19-14)21-16(18)22-15;1-4-5-8-16(3,10-19-11(2)23)22-14-13-12(7-6-9-18-13)20-15(17)21-14/h8-9H,4-7,10H2,1-3H3,(H,21,25)(H3,19,22,23,24);8-9H,5-7,10H2,1-4H3,(H,20,24)(H3,18,21,22,23);7-8,10H,4-6,9,11H2,1-3H3,(H,20,24)(H3,18,21,22,23);6-7,9H,4-5,8,10H2,1-3H3,(H,19,23)(H3,17,20,21,22)/t3*17-;16-/m0000/s1. The minimum Gasteiger partial charge on any atom is -0.368 e. The van der Waals surface area contributed by atoms with Crippen LogP contribution in [0.3, 0.4) is 0 Å². The number of amides is 4. The predicted octanol–water partition coefficient (Wildman–Crippen LogP) is 9.64. The molecule has 4 atom stereocenters. The summed E-state index contributed by atoms with van der Waals surface area (Å²) in [5, 5.41) is 25.2. The van der Waals surface area contributed by atoms with Crippen LogP contribution in [0.2, 0.25) is 0 Å². The minimum atomic E-state index is -0.486. The zero-order valence-corrected chi connectivity index (χ0v) is 58.2. The lowest BCUT2D eigenvalue weighted by molar-refractivity contribution is -0.120. The van der Waals surface area contributed by atoms with Crippen LogP contribution in [0.4, 0.5) is 51.5 Å². The summed E-state index contributed by atoms with van der Waals surface area (Å²) in [4.78, 5) is 96.4. The summed E-state index contributed by atoms with van der Waals surface area (Å²) in [6.07, 6.45) is 20.6. The van der Waals surface area contributed by atoms with Crippen LogP contribution in [0, 0.1) is 12.7 Å². The molecular formula is C67H101FN24O4. The molecule has 0 unspecified atom stereocenters. The van der Waals surface area contributed by atoms with E-state index in [0.29, 0.717) is 93.6 Å². The number of pyridine rings is 4. The lowest BCUT2D eigenvalue weighted by Gasteiger charge is -2.32. The third-order valence-corrected chi connectivity index (χ3v) is 15.6. The van der Waals surface area contributed by atoms with Crippen molar-refractivity contribution in [1.29, 1.82) is 0 Å². The highest BCUT2D eigenvalue weighted by atomic mass is 19.1. The average Bonchev–Trinajstić information content (AvgIpc) is 0.822. The summed E-state index contributed by atoms with van der Waals surface area (Å²) >= 11 is 0. The van der Waals surface area contributed by atoms with Gasteiger partial charge in [-0.2, -0.15) is 19.9 Å². The highest BCUT2D eigenvalue weighted by Crippen LogP contribution is 2.30. The number of aromatic nitrogens is 12. The largest absolute Gasteiger partial charge is 0.368 e. The Morgan fingerprint density at radius 3 is 1.02 bits per heavy atom. The maximum atomic E-state index is 13.4. The first kappa shape index (κ1) is 76.9. The zero-order chi connectivity index (χ0) is 70.6. The van der Waals surface area contributed by atoms with Crippen molar-refractivity contribution < 1.29 is 23.6 Å². The van der Waals surface area contributed by atoms with Crippen molar-refractivity contribution in [2.75, 3.05) is 70.4 Å². The Morgan fingerprint density at radius 1 is 0.406 bits per heavy atom. The van der Waals surface area contributed by atoms with Crippen molar-refractivity contribution in [2.24, 2.45) is 0 Å². The number of nitrogens with zero attached hydrogens (tertiary/aromatic N) is 12. The van der Waals surface area contributed by atoms with Gasteiger partial charge in [-0.1, -0.05) is 91.9 Å². The summed E-state index contributed by atoms with van der Waals surface area (Å²) in [6, 6.07) is 10.5. The first-order chi connectivity index (χ1) is 45.5. The van der Waals surface area contributed by atoms with Gasteiger partial charge in [-0.3, -0.25) is 34.1 Å². The van der Waals surface area contributed by atoms with E-state index >= 15 is 0 Å². The van der Waals surface area contributed by atoms with Crippen LogP contribution in [0.25, 0.3) is 44.1 Å². The van der Waals surface area contributed by atoms with Gasteiger partial charge in [0.05, 0.1) is 50.4 Å². The second-order valence-electron chi connectivity index (χ2n) is 25.4. The van der Waals surface area contributed by atoms with Gasteiger partial charge in [0.15, 0.2) is 23.3 Å². The fraction of sp³-hybridized carbons (Fsp3) is 0.522. The molecule has 0 fully saturated rings. The summed E-state index contributed by atoms with van der Waals surface area (Å²) < 4.78 is 13.4. The molecule has 0 spiro atoms. The summed E-state index contributed by atoms with van der Waals surface area (Å²) in [5.41, 5.74) is 27.7. The molecule has 520 valence electrons. The third-order valence-electron chi connectivity index (χ3n) is 15.6. The quantitative estimate of drug-likeness (QED) is 0.0186. The van der Waals surface area contributed by atoms with Gasteiger partial charge in [0, 0.05) is 78.5 Å². The molecule has 29 heteroatoms. The molecule has 0 radical (unpaired) electrons. The van der Waals surface area contributed by atoms with E-state index in [1.165, 1.54) is 33.8 Å². The number of nitrogen functional groups attached to an aromatic ring is 4. The van der Waals surface area contributed by atoms with E-state index in [9.17, 15) is 23.6 Å². The fourth-order valence-corrected chi connectivity index (χ4v) is 10.3. The number of aryl methyl sites for hydroxylation is 1. The smallest absolute Gasteiger partial charge is 0.222 e. The molecule has 28 nitrogen and oxygen atoms in total. The van der Waals surface area contributed by atoms with Gasteiger partial charge >= 0.3 is 0 Å². The number of anilines is 8. The number of nitrogens with one attached hydrogen (secondary N) is 8. The van der Waals surface area contributed by atoms with Crippen LogP contribution < -0.4 is 65.5 Å². The van der Waals surface area contributed by atoms with E-state index in [4.69, 9.17) is 22.9 Å². The Kier molecular flexibility index (Phi) is 29.4.